The van der Waals surface area contributed by atoms with Crippen LogP contribution in [0.3, 0.4) is 0 Å². The third kappa shape index (κ3) is 3.08. The van der Waals surface area contributed by atoms with Crippen molar-refractivity contribution in [2.45, 2.75) is 17.9 Å². The van der Waals surface area contributed by atoms with Crippen molar-refractivity contribution in [3.8, 4) is 0 Å². The second kappa shape index (κ2) is 5.49. The molecule has 4 heteroatoms. The molecule has 0 aliphatic carbocycles. The predicted octanol–water partition coefficient (Wildman–Crippen LogP) is 2.06. The summed E-state index contributed by atoms with van der Waals surface area (Å²) in [4.78, 5) is 0.719. The van der Waals surface area contributed by atoms with Crippen molar-refractivity contribution in [2.75, 3.05) is 12.8 Å². The lowest BCUT2D eigenvalue weighted by atomic mass is 10.4. The summed E-state index contributed by atoms with van der Waals surface area (Å²) in [5.41, 5.74) is 0. The van der Waals surface area contributed by atoms with Crippen LogP contribution in [0.2, 0.25) is 5.02 Å². The van der Waals surface area contributed by atoms with Crippen LogP contribution in [-0.2, 0) is 10.8 Å². The van der Waals surface area contributed by atoms with Gasteiger partial charge < -0.3 is 5.32 Å². The van der Waals surface area contributed by atoms with E-state index in [2.05, 4.69) is 5.32 Å². The molecule has 0 amide bonds. The van der Waals surface area contributed by atoms with Crippen molar-refractivity contribution in [1.29, 1.82) is 0 Å². The van der Waals surface area contributed by atoms with Crippen molar-refractivity contribution in [3.63, 3.8) is 0 Å². The molecule has 1 rings (SSSR count). The van der Waals surface area contributed by atoms with Crippen LogP contribution >= 0.6 is 11.6 Å². The normalized spacial score (nSPS) is 15.1. The van der Waals surface area contributed by atoms with Gasteiger partial charge in [-0.2, -0.15) is 0 Å². The molecule has 0 aromatic heterocycles. The molecule has 2 unspecified atom stereocenters. The molecule has 1 N–H and O–H groups in total. The molecule has 78 valence electrons. The standard InChI is InChI=1S/C10H14ClNOS/c1-8(12-2)7-14(13)10-6-4-3-5-9(10)11/h3-6,8,12H,7H2,1-2H3. The van der Waals surface area contributed by atoms with Gasteiger partial charge in [0.05, 0.1) is 20.7 Å². The number of hydrogen-bond acceptors (Lipinski definition) is 2. The smallest absolute Gasteiger partial charge is 0.0574 e. The fourth-order valence-corrected chi connectivity index (χ4v) is 2.74. The third-order valence-electron chi connectivity index (χ3n) is 1.98. The molecule has 14 heavy (non-hydrogen) atoms. The molecule has 0 bridgehead atoms. The zero-order valence-electron chi connectivity index (χ0n) is 8.29. The van der Waals surface area contributed by atoms with Gasteiger partial charge >= 0.3 is 0 Å². The van der Waals surface area contributed by atoms with Crippen LogP contribution in [0.5, 0.6) is 0 Å². The van der Waals surface area contributed by atoms with Gasteiger partial charge in [-0.05, 0) is 26.1 Å². The van der Waals surface area contributed by atoms with Gasteiger partial charge in [0.25, 0.3) is 0 Å². The summed E-state index contributed by atoms with van der Waals surface area (Å²) in [6.45, 7) is 1.99. The molecule has 0 fully saturated rings. The first-order valence-corrected chi connectivity index (χ1v) is 6.15. The summed E-state index contributed by atoms with van der Waals surface area (Å²) in [7, 11) is 0.836. The van der Waals surface area contributed by atoms with Crippen molar-refractivity contribution in [3.05, 3.63) is 29.3 Å². The first-order valence-electron chi connectivity index (χ1n) is 4.45. The lowest BCUT2D eigenvalue weighted by molar-refractivity contribution is 0.646. The van der Waals surface area contributed by atoms with E-state index in [1.54, 1.807) is 12.1 Å². The Hall–Kier alpha value is -0.380. The van der Waals surface area contributed by atoms with Crippen molar-refractivity contribution < 1.29 is 4.21 Å². The first kappa shape index (κ1) is 11.7. The Kier molecular flexibility index (Phi) is 4.58. The molecule has 0 aliphatic heterocycles. The Labute approximate surface area is 92.1 Å². The van der Waals surface area contributed by atoms with Gasteiger partial charge in [-0.3, -0.25) is 4.21 Å². The van der Waals surface area contributed by atoms with Crippen LogP contribution in [0, 0.1) is 0 Å². The van der Waals surface area contributed by atoms with Gasteiger partial charge in [0.1, 0.15) is 0 Å². The Morgan fingerprint density at radius 1 is 1.50 bits per heavy atom. The van der Waals surface area contributed by atoms with E-state index in [-0.39, 0.29) is 6.04 Å². The Morgan fingerprint density at radius 2 is 2.14 bits per heavy atom. The first-order chi connectivity index (χ1) is 6.65. The molecule has 1 aromatic carbocycles. The summed E-state index contributed by atoms with van der Waals surface area (Å²) in [6.07, 6.45) is 0. The second-order valence-electron chi connectivity index (χ2n) is 3.13. The highest BCUT2D eigenvalue weighted by atomic mass is 35.5. The molecule has 0 heterocycles. The maximum atomic E-state index is 11.8. The van der Waals surface area contributed by atoms with E-state index in [9.17, 15) is 4.21 Å². The van der Waals surface area contributed by atoms with Gasteiger partial charge in [0, 0.05) is 11.8 Å². The van der Waals surface area contributed by atoms with Crippen LogP contribution in [0.1, 0.15) is 6.92 Å². The van der Waals surface area contributed by atoms with Crippen LogP contribution in [0.4, 0.5) is 0 Å². The minimum atomic E-state index is -1.02. The van der Waals surface area contributed by atoms with Crippen LogP contribution in [0.25, 0.3) is 0 Å². The van der Waals surface area contributed by atoms with Gasteiger partial charge in [-0.25, -0.2) is 0 Å². The number of nitrogens with one attached hydrogen (secondary N) is 1. The molecular weight excluding hydrogens is 218 g/mol. The van der Waals surface area contributed by atoms with Gasteiger partial charge in [0.2, 0.25) is 0 Å². The molecule has 0 aliphatic rings. The van der Waals surface area contributed by atoms with E-state index in [0.717, 1.165) is 4.90 Å². The molecular formula is C10H14ClNOS. The summed E-state index contributed by atoms with van der Waals surface area (Å²) in [5, 5.41) is 3.63. The summed E-state index contributed by atoms with van der Waals surface area (Å²) < 4.78 is 11.8. The van der Waals surface area contributed by atoms with E-state index in [1.165, 1.54) is 0 Å². The lowest BCUT2D eigenvalue weighted by Gasteiger charge is -2.10. The quantitative estimate of drug-likeness (QED) is 0.860. The monoisotopic (exact) mass is 231 g/mol. The van der Waals surface area contributed by atoms with E-state index in [0.29, 0.717) is 10.8 Å². The highest BCUT2D eigenvalue weighted by molar-refractivity contribution is 7.85. The molecule has 0 spiro atoms. The second-order valence-corrected chi connectivity index (χ2v) is 5.00. The van der Waals surface area contributed by atoms with Gasteiger partial charge in [0.15, 0.2) is 0 Å². The number of rotatable bonds is 4. The minimum absolute atomic E-state index is 0.229. The van der Waals surface area contributed by atoms with E-state index >= 15 is 0 Å². The fourth-order valence-electron chi connectivity index (χ4n) is 1.03. The van der Waals surface area contributed by atoms with Crippen molar-refractivity contribution in [1.82, 2.24) is 5.32 Å². The zero-order chi connectivity index (χ0) is 10.6. The molecule has 1 aromatic rings. The average molecular weight is 232 g/mol. The van der Waals surface area contributed by atoms with Crippen molar-refractivity contribution >= 4 is 22.4 Å². The molecule has 2 atom stereocenters. The lowest BCUT2D eigenvalue weighted by Crippen LogP contribution is -2.27. The van der Waals surface area contributed by atoms with Crippen LogP contribution in [-0.4, -0.2) is 23.1 Å². The van der Waals surface area contributed by atoms with E-state index in [4.69, 9.17) is 11.6 Å². The van der Waals surface area contributed by atoms with Crippen LogP contribution < -0.4 is 5.32 Å². The average Bonchev–Trinajstić information content (AvgIpc) is 2.18. The predicted molar refractivity (Wildman–Crippen MR) is 61.2 cm³/mol. The molecule has 2 nitrogen and oxygen atoms in total. The molecule has 0 saturated heterocycles. The van der Waals surface area contributed by atoms with E-state index in [1.807, 2.05) is 26.1 Å². The highest BCUT2D eigenvalue weighted by Crippen LogP contribution is 2.19. The number of hydrogen-bond donors (Lipinski definition) is 1. The Morgan fingerprint density at radius 3 is 2.71 bits per heavy atom. The summed E-state index contributed by atoms with van der Waals surface area (Å²) in [6, 6.07) is 7.49. The van der Waals surface area contributed by atoms with Crippen LogP contribution in [0.15, 0.2) is 29.2 Å². The molecule has 0 radical (unpaired) electrons. The van der Waals surface area contributed by atoms with E-state index < -0.39 is 10.8 Å². The Balaban J connectivity index is 2.75. The maximum absolute atomic E-state index is 11.8. The van der Waals surface area contributed by atoms with Crippen molar-refractivity contribution in [2.24, 2.45) is 0 Å². The van der Waals surface area contributed by atoms with Gasteiger partial charge in [-0.1, -0.05) is 23.7 Å². The van der Waals surface area contributed by atoms with Gasteiger partial charge in [-0.15, -0.1) is 0 Å². The Bertz CT molecular complexity index is 330. The maximum Gasteiger partial charge on any atom is 0.0574 e. The number of benzene rings is 1. The molecule has 0 saturated carbocycles. The summed E-state index contributed by atoms with van der Waals surface area (Å²) in [5.74, 6) is 0.584. The third-order valence-corrected chi connectivity index (χ3v) is 4.07. The highest BCUT2D eigenvalue weighted by Gasteiger charge is 2.10. The largest absolute Gasteiger partial charge is 0.316 e. The SMILES string of the molecule is CNC(C)CS(=O)c1ccccc1Cl. The summed E-state index contributed by atoms with van der Waals surface area (Å²) >= 11 is 5.93. The fraction of sp³-hybridized carbons (Fsp3) is 0.400. The topological polar surface area (TPSA) is 29.1 Å². The number of halogens is 1. The zero-order valence-corrected chi connectivity index (χ0v) is 9.86. The minimum Gasteiger partial charge on any atom is -0.316 e.